The van der Waals surface area contributed by atoms with E-state index in [0.717, 1.165) is 22.4 Å². The van der Waals surface area contributed by atoms with Gasteiger partial charge in [0.2, 0.25) is 5.89 Å². The molecule has 0 radical (unpaired) electrons. The summed E-state index contributed by atoms with van der Waals surface area (Å²) < 4.78 is 9.30. The molecule has 0 atom stereocenters. The first-order valence-electron chi connectivity index (χ1n) is 22.8. The molecule has 4 aliphatic rings. The highest BCUT2D eigenvalue weighted by Crippen LogP contribution is 2.56. The molecule has 64 heavy (non-hydrogen) atoms. The van der Waals surface area contributed by atoms with Crippen LogP contribution in [0.1, 0.15) is 76.3 Å². The third-order valence-corrected chi connectivity index (χ3v) is 15.6. The summed E-state index contributed by atoms with van der Waals surface area (Å²) in [6.45, 7) is 16.3. The fraction of sp³-hybridized carbons (Fsp3) is 0.169. The Morgan fingerprint density at radius 2 is 1.20 bits per heavy atom. The van der Waals surface area contributed by atoms with Crippen LogP contribution < -0.4 is 15.7 Å². The number of anilines is 2. The van der Waals surface area contributed by atoms with Crippen molar-refractivity contribution >= 4 is 62.1 Å². The third kappa shape index (κ3) is 4.52. The second kappa shape index (κ2) is 11.9. The number of benzene rings is 8. The number of nitrogens with zero attached hydrogens (tertiary/aromatic N) is 3. The topological polar surface area (TPSA) is 34.2 Å². The van der Waals surface area contributed by atoms with Crippen molar-refractivity contribution in [2.75, 3.05) is 4.81 Å². The molecule has 4 heterocycles. The molecule has 0 N–H and O–H groups in total. The zero-order chi connectivity index (χ0) is 43.2. The van der Waals surface area contributed by atoms with E-state index in [0.29, 0.717) is 5.89 Å². The van der Waals surface area contributed by atoms with Crippen LogP contribution in [0, 0.1) is 0 Å². The normalized spacial score (nSPS) is 15.6. The molecular weight excluding hydrogens is 777 g/mol. The second-order valence-corrected chi connectivity index (χ2v) is 20.8. The Morgan fingerprint density at radius 1 is 0.547 bits per heavy atom. The zero-order valence-corrected chi connectivity index (χ0v) is 37.3. The molecule has 8 aromatic carbocycles. The van der Waals surface area contributed by atoms with Gasteiger partial charge < -0.3 is 13.8 Å². The highest BCUT2D eigenvalue weighted by atomic mass is 16.3. The minimum atomic E-state index is -0.147. The van der Waals surface area contributed by atoms with Gasteiger partial charge in [0, 0.05) is 55.9 Å². The molecular formula is C59H46BN3O. The van der Waals surface area contributed by atoms with E-state index in [1.54, 1.807) is 0 Å². The minimum absolute atomic E-state index is 0.0238. The summed E-state index contributed by atoms with van der Waals surface area (Å²) in [5.41, 5.74) is 25.7. The molecule has 306 valence electrons. The van der Waals surface area contributed by atoms with E-state index in [1.807, 2.05) is 18.2 Å². The molecule has 0 saturated heterocycles. The van der Waals surface area contributed by atoms with Crippen molar-refractivity contribution in [2.45, 2.75) is 64.7 Å². The first-order chi connectivity index (χ1) is 30.9. The Hall–Kier alpha value is -7.11. The lowest BCUT2D eigenvalue weighted by Crippen LogP contribution is -2.60. The van der Waals surface area contributed by atoms with Crippen molar-refractivity contribution in [1.29, 1.82) is 0 Å². The van der Waals surface area contributed by atoms with Crippen molar-refractivity contribution in [3.8, 4) is 50.5 Å². The van der Waals surface area contributed by atoms with Crippen molar-refractivity contribution < 1.29 is 4.42 Å². The van der Waals surface area contributed by atoms with Crippen LogP contribution >= 0.6 is 0 Å². The minimum Gasteiger partial charge on any atom is -0.436 e. The van der Waals surface area contributed by atoms with Crippen LogP contribution in [0.2, 0.25) is 0 Å². The van der Waals surface area contributed by atoms with Crippen LogP contribution in [0.15, 0.2) is 156 Å². The first-order valence-corrected chi connectivity index (χ1v) is 22.8. The molecule has 0 saturated carbocycles. The van der Waals surface area contributed by atoms with Gasteiger partial charge in [-0.2, -0.15) is 0 Å². The summed E-state index contributed by atoms with van der Waals surface area (Å²) in [6.07, 6.45) is 0. The van der Waals surface area contributed by atoms with Gasteiger partial charge in [0.15, 0.2) is 5.58 Å². The Morgan fingerprint density at radius 3 is 1.91 bits per heavy atom. The van der Waals surface area contributed by atoms with Gasteiger partial charge in [-0.05, 0) is 127 Å². The monoisotopic (exact) mass is 823 g/mol. The quantitative estimate of drug-likeness (QED) is 0.163. The lowest BCUT2D eigenvalue weighted by molar-refractivity contribution is 0.590. The lowest BCUT2D eigenvalue weighted by atomic mass is 9.44. The van der Waals surface area contributed by atoms with Crippen molar-refractivity contribution in [1.82, 2.24) is 9.55 Å². The maximum Gasteiger partial charge on any atom is 0.333 e. The Balaban J connectivity index is 1.13. The van der Waals surface area contributed by atoms with Gasteiger partial charge in [-0.1, -0.05) is 139 Å². The molecule has 2 aliphatic heterocycles. The molecule has 0 unspecified atom stereocenters. The predicted molar refractivity (Wildman–Crippen MR) is 267 cm³/mol. The Kier molecular flexibility index (Phi) is 6.77. The molecule has 0 bridgehead atoms. The summed E-state index contributed by atoms with van der Waals surface area (Å²) in [5.74, 6) is 0.635. The van der Waals surface area contributed by atoms with E-state index in [2.05, 4.69) is 191 Å². The summed E-state index contributed by atoms with van der Waals surface area (Å²) in [6, 6.07) is 57.2. The van der Waals surface area contributed by atoms with E-state index < -0.39 is 0 Å². The highest BCUT2D eigenvalue weighted by molar-refractivity contribution is 6.93. The fourth-order valence-electron chi connectivity index (χ4n) is 12.3. The zero-order valence-electron chi connectivity index (χ0n) is 37.3. The van der Waals surface area contributed by atoms with E-state index in [4.69, 9.17) is 9.40 Å². The van der Waals surface area contributed by atoms with E-state index in [-0.39, 0.29) is 23.1 Å². The van der Waals surface area contributed by atoms with Gasteiger partial charge in [0.1, 0.15) is 5.52 Å². The van der Waals surface area contributed by atoms with E-state index in [1.165, 1.54) is 105 Å². The molecule has 14 rings (SSSR count). The van der Waals surface area contributed by atoms with Crippen LogP contribution in [0.25, 0.3) is 83.4 Å². The molecule has 0 spiro atoms. The molecule has 0 amide bonds. The first kappa shape index (κ1) is 36.4. The average Bonchev–Trinajstić information content (AvgIpc) is 4.00. The van der Waals surface area contributed by atoms with Crippen LogP contribution in [-0.4, -0.2) is 16.4 Å². The van der Waals surface area contributed by atoms with Crippen molar-refractivity contribution in [3.05, 3.63) is 179 Å². The number of aromatic nitrogens is 2. The van der Waals surface area contributed by atoms with Gasteiger partial charge in [0.05, 0.1) is 11.0 Å². The van der Waals surface area contributed by atoms with Crippen LogP contribution in [0.3, 0.4) is 0 Å². The summed E-state index contributed by atoms with van der Waals surface area (Å²) >= 11 is 0. The van der Waals surface area contributed by atoms with Gasteiger partial charge in [-0.15, -0.1) is 0 Å². The molecule has 5 heteroatoms. The Bertz CT molecular complexity index is 3710. The summed E-state index contributed by atoms with van der Waals surface area (Å²) in [5, 5.41) is 2.56. The Labute approximate surface area is 373 Å². The van der Waals surface area contributed by atoms with Crippen LogP contribution in [0.5, 0.6) is 0 Å². The molecule has 0 fully saturated rings. The second-order valence-electron chi connectivity index (χ2n) is 20.8. The van der Waals surface area contributed by atoms with Gasteiger partial charge in [0.25, 0.3) is 0 Å². The van der Waals surface area contributed by atoms with Crippen molar-refractivity contribution in [3.63, 3.8) is 0 Å². The number of hydrogen-bond donors (Lipinski definition) is 0. The molecule has 2 aliphatic carbocycles. The smallest absolute Gasteiger partial charge is 0.333 e. The van der Waals surface area contributed by atoms with Gasteiger partial charge in [-0.25, -0.2) is 4.98 Å². The summed E-state index contributed by atoms with van der Waals surface area (Å²) in [7, 11) is 0. The standard InChI is InChI=1S/C59H46BN3O/c1-57(2,3)34-21-23-35(24-22-34)63-51-30-41-37-18-12-14-20-45(37)58(4,5)46(41)27-42(51)38-25-26-39-43-28-47-40(36-17-11-13-19-44(36)59(47,6)7)29-50(43)62-52-32-53-49(31-48(52)60(63)54(38)55(39)62)61-56(64-53)33-15-9-8-10-16-33/h8-32H,1-7H3. The number of fused-ring (bicyclic) bond motifs is 15. The average molecular weight is 824 g/mol. The maximum atomic E-state index is 6.72. The summed E-state index contributed by atoms with van der Waals surface area (Å²) in [4.78, 5) is 7.87. The van der Waals surface area contributed by atoms with Crippen molar-refractivity contribution in [2.24, 2.45) is 0 Å². The fourth-order valence-corrected chi connectivity index (χ4v) is 12.3. The van der Waals surface area contributed by atoms with Crippen LogP contribution in [-0.2, 0) is 16.2 Å². The third-order valence-electron chi connectivity index (χ3n) is 15.6. The number of oxazole rings is 1. The lowest BCUT2D eigenvalue weighted by Gasteiger charge is -2.42. The largest absolute Gasteiger partial charge is 0.436 e. The van der Waals surface area contributed by atoms with E-state index in [9.17, 15) is 0 Å². The molecule has 10 aromatic rings. The highest BCUT2D eigenvalue weighted by Gasteiger charge is 2.47. The predicted octanol–water partition coefficient (Wildman–Crippen LogP) is 13.7. The van der Waals surface area contributed by atoms with Gasteiger partial charge in [-0.3, -0.25) is 0 Å². The number of hydrogen-bond acceptors (Lipinski definition) is 3. The maximum absolute atomic E-state index is 6.72. The van der Waals surface area contributed by atoms with E-state index >= 15 is 0 Å². The number of rotatable bonds is 2. The molecule has 4 nitrogen and oxygen atoms in total. The SMILES string of the molecule is CC(C)(C)c1ccc(N2B3c4cc5nc(-c6ccccc6)oc5cc4-n4c5cc6c(cc5c5ccc(c3c54)-c3cc4c(cc32)-c2ccccc2C4(C)C)C(C)(C)c2ccccc2-6)cc1. The molecule has 2 aromatic heterocycles. The van der Waals surface area contributed by atoms with Crippen LogP contribution in [0.4, 0.5) is 11.4 Å². The van der Waals surface area contributed by atoms with Gasteiger partial charge >= 0.3 is 6.85 Å².